The van der Waals surface area contributed by atoms with Gasteiger partial charge in [0.15, 0.2) is 11.5 Å². The molecule has 0 aliphatic rings. The Morgan fingerprint density at radius 2 is 1.79 bits per heavy atom. The van der Waals surface area contributed by atoms with Crippen LogP contribution in [-0.4, -0.2) is 29.5 Å². The van der Waals surface area contributed by atoms with Crippen LogP contribution in [0.3, 0.4) is 0 Å². The second-order valence-electron chi connectivity index (χ2n) is 7.23. The minimum atomic E-state index is -1.02. The maximum Gasteiger partial charge on any atom is 0.408 e. The van der Waals surface area contributed by atoms with E-state index in [0.29, 0.717) is 0 Å². The van der Waals surface area contributed by atoms with Gasteiger partial charge in [-0.05, 0) is 44.9 Å². The quantitative estimate of drug-likeness (QED) is 0.546. The molecule has 7 heteroatoms. The topological polar surface area (TPSA) is 94.8 Å². The number of Topliss-reactive ketones (excluding diaryl/α,β-unsaturated/α-hetero) is 1. The molecule has 0 radical (unpaired) electrons. The van der Waals surface area contributed by atoms with Crippen molar-refractivity contribution in [1.29, 1.82) is 0 Å². The van der Waals surface area contributed by atoms with Crippen molar-refractivity contribution in [2.75, 3.05) is 0 Å². The Labute approximate surface area is 164 Å². The summed E-state index contributed by atoms with van der Waals surface area (Å²) in [6, 6.07) is 11.3. The van der Waals surface area contributed by atoms with Gasteiger partial charge in [0.25, 0.3) is 0 Å². The number of carbonyl (C=O) groups is 3. The van der Waals surface area contributed by atoms with Crippen LogP contribution in [0.2, 0.25) is 0 Å². The third-order valence-corrected chi connectivity index (χ3v) is 3.66. The average molecular weight is 387 g/mol. The molecule has 1 aromatic carbocycles. The maximum absolute atomic E-state index is 12.5. The van der Waals surface area contributed by atoms with Crippen molar-refractivity contribution in [2.24, 2.45) is 0 Å². The number of furan rings is 1. The summed E-state index contributed by atoms with van der Waals surface area (Å²) < 4.78 is 15.6. The first kappa shape index (κ1) is 21.2. The lowest BCUT2D eigenvalue weighted by atomic mass is 10.1. The number of hydrogen-bond donors (Lipinski definition) is 1. The maximum atomic E-state index is 12.5. The molecule has 1 atom stereocenters. The number of alkyl carbamates (subject to hydrolysis) is 1. The van der Waals surface area contributed by atoms with E-state index in [1.54, 1.807) is 32.9 Å². The summed E-state index contributed by atoms with van der Waals surface area (Å²) in [4.78, 5) is 36.7. The zero-order chi connectivity index (χ0) is 20.6. The monoisotopic (exact) mass is 387 g/mol. The molecule has 0 aliphatic heterocycles. The van der Waals surface area contributed by atoms with Crippen molar-refractivity contribution in [3.63, 3.8) is 0 Å². The Kier molecular flexibility index (Phi) is 7.37. The fourth-order valence-corrected chi connectivity index (χ4v) is 2.36. The molecule has 0 saturated heterocycles. The lowest BCUT2D eigenvalue weighted by Gasteiger charge is -2.22. The van der Waals surface area contributed by atoms with Gasteiger partial charge in [-0.2, -0.15) is 0 Å². The highest BCUT2D eigenvalue weighted by atomic mass is 16.6. The van der Waals surface area contributed by atoms with E-state index < -0.39 is 23.7 Å². The van der Waals surface area contributed by atoms with E-state index in [4.69, 9.17) is 13.9 Å². The summed E-state index contributed by atoms with van der Waals surface area (Å²) in [5, 5.41) is 2.49. The molecule has 0 bridgehead atoms. The number of rotatable bonds is 8. The SMILES string of the molecule is CC(C)(C)OC(=O)N[C@@H](CCC(=O)c1ccco1)C(=O)OCc1ccccc1. The van der Waals surface area contributed by atoms with Crippen LogP contribution in [0, 0.1) is 0 Å². The first-order valence-electron chi connectivity index (χ1n) is 9.01. The minimum Gasteiger partial charge on any atom is -0.461 e. The fourth-order valence-electron chi connectivity index (χ4n) is 2.36. The van der Waals surface area contributed by atoms with Crippen LogP contribution in [0.4, 0.5) is 4.79 Å². The molecule has 0 saturated carbocycles. The molecule has 7 nitrogen and oxygen atoms in total. The van der Waals surface area contributed by atoms with Gasteiger partial charge in [-0.1, -0.05) is 30.3 Å². The van der Waals surface area contributed by atoms with E-state index in [2.05, 4.69) is 5.32 Å². The van der Waals surface area contributed by atoms with Gasteiger partial charge in [-0.25, -0.2) is 9.59 Å². The number of nitrogens with one attached hydrogen (secondary N) is 1. The van der Waals surface area contributed by atoms with Gasteiger partial charge in [0.2, 0.25) is 0 Å². The third-order valence-electron chi connectivity index (χ3n) is 3.66. The minimum absolute atomic E-state index is 0.00835. The summed E-state index contributed by atoms with van der Waals surface area (Å²) in [5.74, 6) is -0.701. The first-order valence-corrected chi connectivity index (χ1v) is 9.01. The molecule has 28 heavy (non-hydrogen) atoms. The predicted octanol–water partition coefficient (Wildman–Crippen LogP) is 3.88. The highest BCUT2D eigenvalue weighted by Crippen LogP contribution is 2.12. The normalized spacial score (nSPS) is 12.1. The van der Waals surface area contributed by atoms with Gasteiger partial charge < -0.3 is 19.2 Å². The van der Waals surface area contributed by atoms with Crippen molar-refractivity contribution in [2.45, 2.75) is 51.9 Å². The lowest BCUT2D eigenvalue weighted by Crippen LogP contribution is -2.44. The summed E-state index contributed by atoms with van der Waals surface area (Å²) >= 11 is 0. The third kappa shape index (κ3) is 7.26. The van der Waals surface area contributed by atoms with Crippen LogP contribution < -0.4 is 5.32 Å². The number of esters is 1. The van der Waals surface area contributed by atoms with Crippen molar-refractivity contribution < 1.29 is 28.3 Å². The van der Waals surface area contributed by atoms with Crippen LogP contribution in [0.5, 0.6) is 0 Å². The Morgan fingerprint density at radius 1 is 1.07 bits per heavy atom. The van der Waals surface area contributed by atoms with Gasteiger partial charge in [0.1, 0.15) is 18.2 Å². The second kappa shape index (κ2) is 9.73. The van der Waals surface area contributed by atoms with E-state index >= 15 is 0 Å². The molecule has 1 amide bonds. The second-order valence-corrected chi connectivity index (χ2v) is 7.23. The highest BCUT2D eigenvalue weighted by molar-refractivity contribution is 5.94. The predicted molar refractivity (Wildman–Crippen MR) is 102 cm³/mol. The average Bonchev–Trinajstić information content (AvgIpc) is 3.17. The zero-order valence-electron chi connectivity index (χ0n) is 16.3. The van der Waals surface area contributed by atoms with Gasteiger partial charge in [-0.15, -0.1) is 0 Å². The Bertz CT molecular complexity index is 777. The molecule has 0 aliphatic carbocycles. The molecule has 2 rings (SSSR count). The van der Waals surface area contributed by atoms with Crippen molar-refractivity contribution in [3.8, 4) is 0 Å². The van der Waals surface area contributed by atoms with E-state index in [-0.39, 0.29) is 31.0 Å². The van der Waals surface area contributed by atoms with Gasteiger partial charge >= 0.3 is 12.1 Å². The smallest absolute Gasteiger partial charge is 0.408 e. The number of amides is 1. The molecule has 0 spiro atoms. The van der Waals surface area contributed by atoms with Crippen molar-refractivity contribution >= 4 is 17.8 Å². The number of carbonyl (C=O) groups excluding carboxylic acids is 3. The van der Waals surface area contributed by atoms with E-state index in [0.717, 1.165) is 5.56 Å². The van der Waals surface area contributed by atoms with Crippen LogP contribution in [0.1, 0.15) is 49.7 Å². The van der Waals surface area contributed by atoms with Crippen LogP contribution in [0.15, 0.2) is 53.1 Å². The van der Waals surface area contributed by atoms with Crippen LogP contribution >= 0.6 is 0 Å². The summed E-state index contributed by atoms with van der Waals surface area (Å²) in [6.45, 7) is 5.22. The summed E-state index contributed by atoms with van der Waals surface area (Å²) in [5.41, 5.74) is 0.102. The molecule has 0 fully saturated rings. The lowest BCUT2D eigenvalue weighted by molar-refractivity contribution is -0.147. The first-order chi connectivity index (χ1) is 13.2. The molecule has 2 aromatic rings. The Balaban J connectivity index is 1.98. The number of benzene rings is 1. The number of ketones is 1. The molecule has 0 unspecified atom stereocenters. The van der Waals surface area contributed by atoms with Crippen LogP contribution in [-0.2, 0) is 20.9 Å². The molecule has 1 N–H and O–H groups in total. The molecule has 150 valence electrons. The number of hydrogen-bond acceptors (Lipinski definition) is 6. The Hall–Kier alpha value is -3.09. The summed E-state index contributed by atoms with van der Waals surface area (Å²) in [7, 11) is 0. The number of ether oxygens (including phenoxy) is 2. The largest absolute Gasteiger partial charge is 0.461 e. The molecule has 1 heterocycles. The zero-order valence-corrected chi connectivity index (χ0v) is 16.3. The van der Waals surface area contributed by atoms with Gasteiger partial charge in [-0.3, -0.25) is 4.79 Å². The van der Waals surface area contributed by atoms with Crippen molar-refractivity contribution in [3.05, 3.63) is 60.1 Å². The van der Waals surface area contributed by atoms with Crippen LogP contribution in [0.25, 0.3) is 0 Å². The molecular weight excluding hydrogens is 362 g/mol. The fraction of sp³-hybridized carbons (Fsp3) is 0.381. The van der Waals surface area contributed by atoms with Crippen molar-refractivity contribution in [1.82, 2.24) is 5.32 Å². The standard InChI is InChI=1S/C21H25NO6/c1-21(2,3)28-20(25)22-16(11-12-17(23)18-10-7-13-26-18)19(24)27-14-15-8-5-4-6-9-15/h4-10,13,16H,11-12,14H2,1-3H3,(H,22,25)/t16-/m0/s1. The summed E-state index contributed by atoms with van der Waals surface area (Å²) in [6.07, 6.45) is 0.720. The highest BCUT2D eigenvalue weighted by Gasteiger charge is 2.26. The van der Waals surface area contributed by atoms with E-state index in [1.165, 1.54) is 6.26 Å². The molecule has 1 aromatic heterocycles. The van der Waals surface area contributed by atoms with Gasteiger partial charge in [0, 0.05) is 6.42 Å². The molecular formula is C21H25NO6. The van der Waals surface area contributed by atoms with E-state index in [9.17, 15) is 14.4 Å². The van der Waals surface area contributed by atoms with Gasteiger partial charge in [0.05, 0.1) is 6.26 Å². The Morgan fingerprint density at radius 3 is 2.39 bits per heavy atom. The van der Waals surface area contributed by atoms with E-state index in [1.807, 2.05) is 30.3 Å².